The molecule has 0 aliphatic carbocycles. The number of carbonyl (C=O) groups excluding carboxylic acids is 1. The number of rotatable bonds is 6. The summed E-state index contributed by atoms with van der Waals surface area (Å²) in [4.78, 5) is 12.7. The summed E-state index contributed by atoms with van der Waals surface area (Å²) in [6.45, 7) is 6.05. The molecule has 1 aromatic rings. The number of hydrogen-bond acceptors (Lipinski definition) is 2. The van der Waals surface area contributed by atoms with Crippen LogP contribution in [0.15, 0.2) is 30.3 Å². The van der Waals surface area contributed by atoms with Crippen molar-refractivity contribution >= 4 is 5.91 Å². The molecule has 0 saturated carbocycles. The van der Waals surface area contributed by atoms with E-state index in [1.54, 1.807) is 0 Å². The van der Waals surface area contributed by atoms with E-state index >= 15 is 0 Å². The van der Waals surface area contributed by atoms with Gasteiger partial charge in [-0.3, -0.25) is 4.79 Å². The Kier molecular flexibility index (Phi) is 5.18. The number of nitrogens with one attached hydrogen (secondary N) is 2. The first-order chi connectivity index (χ1) is 9.72. The van der Waals surface area contributed by atoms with Crippen LogP contribution in [0.25, 0.3) is 0 Å². The van der Waals surface area contributed by atoms with Crippen LogP contribution in [0.4, 0.5) is 0 Å². The number of benzene rings is 1. The molecule has 0 radical (unpaired) electrons. The highest BCUT2D eigenvalue weighted by Gasteiger charge is 2.40. The molecule has 2 unspecified atom stereocenters. The van der Waals surface area contributed by atoms with Crippen LogP contribution in [0.5, 0.6) is 0 Å². The molecule has 0 spiro atoms. The van der Waals surface area contributed by atoms with Crippen LogP contribution in [0.3, 0.4) is 0 Å². The number of hydrogen-bond donors (Lipinski definition) is 2. The third-order valence-corrected chi connectivity index (χ3v) is 4.37. The van der Waals surface area contributed by atoms with Gasteiger partial charge in [0.05, 0.1) is 11.5 Å². The normalized spacial score (nSPS) is 23.5. The lowest BCUT2D eigenvalue weighted by atomic mass is 9.81. The lowest BCUT2D eigenvalue weighted by Gasteiger charge is -2.29. The molecule has 2 rings (SSSR count). The summed E-state index contributed by atoms with van der Waals surface area (Å²) in [6, 6.07) is 10.4. The van der Waals surface area contributed by atoms with E-state index in [1.165, 1.54) is 5.56 Å². The molecule has 1 heterocycles. The second-order valence-corrected chi connectivity index (χ2v) is 5.80. The highest BCUT2D eigenvalue weighted by Crippen LogP contribution is 2.32. The molecule has 110 valence electrons. The van der Waals surface area contributed by atoms with Crippen molar-refractivity contribution in [1.82, 2.24) is 10.6 Å². The molecule has 0 aromatic heterocycles. The summed E-state index contributed by atoms with van der Waals surface area (Å²) in [5.74, 6) is 0.222. The molecule has 1 aliphatic heterocycles. The Labute approximate surface area is 122 Å². The summed E-state index contributed by atoms with van der Waals surface area (Å²) in [7, 11) is 0. The van der Waals surface area contributed by atoms with Gasteiger partial charge in [-0.05, 0) is 31.4 Å². The zero-order chi connectivity index (χ0) is 14.4. The van der Waals surface area contributed by atoms with E-state index in [-0.39, 0.29) is 17.4 Å². The molecular formula is C17H26N2O. The minimum atomic E-state index is -0.197. The molecule has 20 heavy (non-hydrogen) atoms. The lowest BCUT2D eigenvalue weighted by Crippen LogP contribution is -2.43. The number of carbonyl (C=O) groups is 1. The van der Waals surface area contributed by atoms with Gasteiger partial charge in [0.1, 0.15) is 0 Å². The van der Waals surface area contributed by atoms with Gasteiger partial charge in [-0.1, -0.05) is 50.6 Å². The first-order valence-corrected chi connectivity index (χ1v) is 7.78. The molecule has 3 nitrogen and oxygen atoms in total. The Morgan fingerprint density at radius 1 is 1.35 bits per heavy atom. The first-order valence-electron chi connectivity index (χ1n) is 7.78. The van der Waals surface area contributed by atoms with Gasteiger partial charge in [-0.2, -0.15) is 0 Å². The fraction of sp³-hybridized carbons (Fsp3) is 0.588. The standard InChI is InChI=1S/C17H26N2O/c1-3-10-17(11-12-18-13-17)16(20)19-15(4-2)14-8-6-5-7-9-14/h5-9,15,18H,3-4,10-13H2,1-2H3,(H,19,20). The van der Waals surface area contributed by atoms with Gasteiger partial charge in [-0.25, -0.2) is 0 Å². The van der Waals surface area contributed by atoms with Crippen LogP contribution >= 0.6 is 0 Å². The van der Waals surface area contributed by atoms with E-state index in [9.17, 15) is 4.79 Å². The first kappa shape index (κ1) is 15.0. The van der Waals surface area contributed by atoms with Gasteiger partial charge >= 0.3 is 0 Å². The van der Waals surface area contributed by atoms with E-state index in [0.29, 0.717) is 0 Å². The molecule has 2 atom stereocenters. The lowest BCUT2D eigenvalue weighted by molar-refractivity contribution is -0.131. The molecule has 0 bridgehead atoms. The van der Waals surface area contributed by atoms with Gasteiger partial charge in [0.2, 0.25) is 5.91 Å². The molecule has 1 aromatic carbocycles. The molecular weight excluding hydrogens is 248 g/mol. The van der Waals surface area contributed by atoms with Crippen LogP contribution in [-0.4, -0.2) is 19.0 Å². The van der Waals surface area contributed by atoms with Crippen LogP contribution in [0.2, 0.25) is 0 Å². The van der Waals surface area contributed by atoms with Crippen LogP contribution in [0.1, 0.15) is 51.1 Å². The summed E-state index contributed by atoms with van der Waals surface area (Å²) >= 11 is 0. The molecule has 1 fully saturated rings. The van der Waals surface area contributed by atoms with Crippen LogP contribution in [-0.2, 0) is 4.79 Å². The maximum absolute atomic E-state index is 12.7. The third-order valence-electron chi connectivity index (χ3n) is 4.37. The van der Waals surface area contributed by atoms with Crippen LogP contribution < -0.4 is 10.6 Å². The fourth-order valence-corrected chi connectivity index (χ4v) is 3.16. The maximum atomic E-state index is 12.7. The SMILES string of the molecule is CCCC1(C(=O)NC(CC)c2ccccc2)CCNC1. The monoisotopic (exact) mass is 274 g/mol. The Balaban J connectivity index is 2.08. The second-order valence-electron chi connectivity index (χ2n) is 5.80. The quantitative estimate of drug-likeness (QED) is 0.837. The van der Waals surface area contributed by atoms with Crippen molar-refractivity contribution in [2.75, 3.05) is 13.1 Å². The smallest absolute Gasteiger partial charge is 0.228 e. The minimum absolute atomic E-state index is 0.123. The molecule has 2 N–H and O–H groups in total. The zero-order valence-corrected chi connectivity index (χ0v) is 12.6. The van der Waals surface area contributed by atoms with Gasteiger partial charge in [0.15, 0.2) is 0 Å². The molecule has 1 amide bonds. The van der Waals surface area contributed by atoms with Gasteiger partial charge < -0.3 is 10.6 Å². The summed E-state index contributed by atoms with van der Waals surface area (Å²) in [6.07, 6.45) is 3.90. The van der Waals surface area contributed by atoms with Gasteiger partial charge in [-0.15, -0.1) is 0 Å². The van der Waals surface area contributed by atoms with E-state index < -0.39 is 0 Å². The van der Waals surface area contributed by atoms with Crippen molar-refractivity contribution in [3.8, 4) is 0 Å². The average Bonchev–Trinajstić information content (AvgIpc) is 2.96. The summed E-state index contributed by atoms with van der Waals surface area (Å²) in [5.41, 5.74) is 0.998. The van der Waals surface area contributed by atoms with E-state index in [1.807, 2.05) is 18.2 Å². The Bertz CT molecular complexity index is 424. The maximum Gasteiger partial charge on any atom is 0.228 e. The van der Waals surface area contributed by atoms with Crippen molar-refractivity contribution in [3.05, 3.63) is 35.9 Å². The van der Waals surface area contributed by atoms with Crippen molar-refractivity contribution < 1.29 is 4.79 Å². The Morgan fingerprint density at radius 2 is 2.10 bits per heavy atom. The predicted molar refractivity (Wildman–Crippen MR) is 82.4 cm³/mol. The summed E-state index contributed by atoms with van der Waals surface area (Å²) in [5, 5.41) is 6.62. The molecule has 3 heteroatoms. The van der Waals surface area contributed by atoms with Crippen molar-refractivity contribution in [1.29, 1.82) is 0 Å². The average molecular weight is 274 g/mol. The van der Waals surface area contributed by atoms with Crippen molar-refractivity contribution in [2.24, 2.45) is 5.41 Å². The second kappa shape index (κ2) is 6.89. The van der Waals surface area contributed by atoms with Crippen molar-refractivity contribution in [3.63, 3.8) is 0 Å². The fourth-order valence-electron chi connectivity index (χ4n) is 3.16. The number of amides is 1. The third kappa shape index (κ3) is 3.21. The topological polar surface area (TPSA) is 41.1 Å². The summed E-state index contributed by atoms with van der Waals surface area (Å²) < 4.78 is 0. The van der Waals surface area contributed by atoms with Crippen molar-refractivity contribution in [2.45, 2.75) is 45.6 Å². The minimum Gasteiger partial charge on any atom is -0.349 e. The van der Waals surface area contributed by atoms with E-state index in [2.05, 4.69) is 36.6 Å². The largest absolute Gasteiger partial charge is 0.349 e. The van der Waals surface area contributed by atoms with Crippen LogP contribution in [0, 0.1) is 5.41 Å². The highest BCUT2D eigenvalue weighted by atomic mass is 16.2. The van der Waals surface area contributed by atoms with E-state index in [4.69, 9.17) is 0 Å². The van der Waals surface area contributed by atoms with Gasteiger partial charge in [0.25, 0.3) is 0 Å². The van der Waals surface area contributed by atoms with E-state index in [0.717, 1.165) is 38.8 Å². The Morgan fingerprint density at radius 3 is 2.65 bits per heavy atom. The predicted octanol–water partition coefficient (Wildman–Crippen LogP) is 3.03. The Hall–Kier alpha value is -1.35. The zero-order valence-electron chi connectivity index (χ0n) is 12.6. The highest BCUT2D eigenvalue weighted by molar-refractivity contribution is 5.83. The van der Waals surface area contributed by atoms with Gasteiger partial charge in [0, 0.05) is 6.54 Å². The molecule has 1 aliphatic rings. The molecule has 1 saturated heterocycles.